The van der Waals surface area contributed by atoms with Gasteiger partial charge in [-0.2, -0.15) is 0 Å². The summed E-state index contributed by atoms with van der Waals surface area (Å²) < 4.78 is 5.86. The summed E-state index contributed by atoms with van der Waals surface area (Å²) in [7, 11) is 0. The van der Waals surface area contributed by atoms with Crippen LogP contribution in [0.15, 0.2) is 24.3 Å². The molecule has 0 amide bonds. The predicted molar refractivity (Wildman–Crippen MR) is 86.3 cm³/mol. The fourth-order valence-electron chi connectivity index (χ4n) is 3.23. The lowest BCUT2D eigenvalue weighted by Gasteiger charge is -2.54. The zero-order chi connectivity index (χ0) is 14.6. The first kappa shape index (κ1) is 15.4. The minimum atomic E-state index is 0.262. The number of benzene rings is 1. The van der Waals surface area contributed by atoms with Crippen LogP contribution in [0.3, 0.4) is 0 Å². The minimum absolute atomic E-state index is 0.262. The minimum Gasteiger partial charge on any atom is -0.382 e. The standard InChI is InChI=1S/C18H29NO/c1-5-8-14-9-11-15(12-10-14)19-16-13-17(20-7-3)18(16,4)6-2/h9-12,16-17,19H,5-8,13H2,1-4H3. The third-order valence-corrected chi connectivity index (χ3v) is 4.94. The highest BCUT2D eigenvalue weighted by atomic mass is 16.5. The molecule has 2 rings (SSSR count). The Kier molecular flexibility index (Phi) is 5.09. The van der Waals surface area contributed by atoms with Crippen LogP contribution in [0.4, 0.5) is 5.69 Å². The molecule has 2 nitrogen and oxygen atoms in total. The van der Waals surface area contributed by atoms with E-state index < -0.39 is 0 Å². The lowest BCUT2D eigenvalue weighted by molar-refractivity contribution is -0.109. The van der Waals surface area contributed by atoms with Gasteiger partial charge in [0.25, 0.3) is 0 Å². The molecule has 1 saturated carbocycles. The maximum absolute atomic E-state index is 5.86. The molecular weight excluding hydrogens is 246 g/mol. The van der Waals surface area contributed by atoms with Gasteiger partial charge in [-0.3, -0.25) is 0 Å². The van der Waals surface area contributed by atoms with Crippen molar-refractivity contribution in [2.24, 2.45) is 5.41 Å². The number of aryl methyl sites for hydroxylation is 1. The molecule has 0 spiro atoms. The van der Waals surface area contributed by atoms with Crippen LogP contribution >= 0.6 is 0 Å². The van der Waals surface area contributed by atoms with Crippen LogP contribution in [0.2, 0.25) is 0 Å². The summed E-state index contributed by atoms with van der Waals surface area (Å²) in [4.78, 5) is 0. The molecule has 3 unspecified atom stereocenters. The van der Waals surface area contributed by atoms with Gasteiger partial charge in [0.2, 0.25) is 0 Å². The van der Waals surface area contributed by atoms with E-state index in [9.17, 15) is 0 Å². The molecule has 1 N–H and O–H groups in total. The van der Waals surface area contributed by atoms with Crippen molar-refractivity contribution in [3.05, 3.63) is 29.8 Å². The van der Waals surface area contributed by atoms with Crippen molar-refractivity contribution >= 4 is 5.69 Å². The average molecular weight is 275 g/mol. The van der Waals surface area contributed by atoms with Crippen molar-refractivity contribution in [2.75, 3.05) is 11.9 Å². The lowest BCUT2D eigenvalue weighted by atomic mass is 9.61. The van der Waals surface area contributed by atoms with Gasteiger partial charge in [0.05, 0.1) is 6.10 Å². The SMILES string of the molecule is CCCc1ccc(NC2CC(OCC)C2(C)CC)cc1. The van der Waals surface area contributed by atoms with E-state index in [0.29, 0.717) is 12.1 Å². The second kappa shape index (κ2) is 6.62. The Morgan fingerprint density at radius 2 is 1.90 bits per heavy atom. The monoisotopic (exact) mass is 275 g/mol. The van der Waals surface area contributed by atoms with Crippen LogP contribution in [0.1, 0.15) is 52.5 Å². The number of ether oxygens (including phenoxy) is 1. The molecule has 0 saturated heterocycles. The Morgan fingerprint density at radius 1 is 1.20 bits per heavy atom. The number of nitrogens with one attached hydrogen (secondary N) is 1. The van der Waals surface area contributed by atoms with Gasteiger partial charge in [0.15, 0.2) is 0 Å². The van der Waals surface area contributed by atoms with Gasteiger partial charge in [-0.25, -0.2) is 0 Å². The summed E-state index contributed by atoms with van der Waals surface area (Å²) in [5.74, 6) is 0. The molecule has 0 heterocycles. The maximum atomic E-state index is 5.86. The Labute approximate surface area is 123 Å². The highest BCUT2D eigenvalue weighted by molar-refractivity contribution is 5.46. The normalized spacial score (nSPS) is 29.0. The first-order chi connectivity index (χ1) is 9.63. The molecule has 0 bridgehead atoms. The van der Waals surface area contributed by atoms with Crippen LogP contribution in [-0.4, -0.2) is 18.8 Å². The maximum Gasteiger partial charge on any atom is 0.0667 e. The molecular formula is C18H29NO. The highest BCUT2D eigenvalue weighted by Crippen LogP contribution is 2.47. The summed E-state index contributed by atoms with van der Waals surface area (Å²) >= 11 is 0. The van der Waals surface area contributed by atoms with Crippen molar-refractivity contribution in [3.63, 3.8) is 0 Å². The zero-order valence-electron chi connectivity index (χ0n) is 13.4. The van der Waals surface area contributed by atoms with Gasteiger partial charge in [-0.05, 0) is 43.9 Å². The van der Waals surface area contributed by atoms with Gasteiger partial charge in [-0.1, -0.05) is 39.3 Å². The van der Waals surface area contributed by atoms with E-state index in [1.807, 2.05) is 0 Å². The van der Waals surface area contributed by atoms with Crippen LogP contribution in [0.25, 0.3) is 0 Å². The van der Waals surface area contributed by atoms with Gasteiger partial charge in [-0.15, -0.1) is 0 Å². The topological polar surface area (TPSA) is 21.3 Å². The molecule has 3 atom stereocenters. The molecule has 0 radical (unpaired) electrons. The molecule has 20 heavy (non-hydrogen) atoms. The zero-order valence-corrected chi connectivity index (χ0v) is 13.4. The van der Waals surface area contributed by atoms with E-state index in [1.165, 1.54) is 24.1 Å². The fourth-order valence-corrected chi connectivity index (χ4v) is 3.23. The second-order valence-corrected chi connectivity index (χ2v) is 6.18. The molecule has 1 fully saturated rings. The molecule has 1 aliphatic carbocycles. The van der Waals surface area contributed by atoms with Crippen molar-refractivity contribution in [3.8, 4) is 0 Å². The molecule has 1 aliphatic rings. The van der Waals surface area contributed by atoms with Crippen molar-refractivity contribution < 1.29 is 4.74 Å². The van der Waals surface area contributed by atoms with Crippen LogP contribution in [-0.2, 0) is 11.2 Å². The van der Waals surface area contributed by atoms with Crippen molar-refractivity contribution in [1.82, 2.24) is 0 Å². The third kappa shape index (κ3) is 3.01. The summed E-state index contributed by atoms with van der Waals surface area (Å²) in [5.41, 5.74) is 2.93. The van der Waals surface area contributed by atoms with Crippen LogP contribution < -0.4 is 5.32 Å². The Morgan fingerprint density at radius 3 is 2.45 bits per heavy atom. The average Bonchev–Trinajstić information content (AvgIpc) is 2.47. The van der Waals surface area contributed by atoms with Crippen LogP contribution in [0.5, 0.6) is 0 Å². The summed E-state index contributed by atoms with van der Waals surface area (Å²) in [6.07, 6.45) is 5.06. The smallest absolute Gasteiger partial charge is 0.0667 e. The molecule has 112 valence electrons. The Hall–Kier alpha value is -1.02. The van der Waals surface area contributed by atoms with E-state index in [0.717, 1.165) is 19.4 Å². The third-order valence-electron chi connectivity index (χ3n) is 4.94. The molecule has 0 aliphatic heterocycles. The largest absolute Gasteiger partial charge is 0.382 e. The Bertz CT molecular complexity index is 414. The van der Waals surface area contributed by atoms with E-state index in [1.54, 1.807) is 0 Å². The summed E-state index contributed by atoms with van der Waals surface area (Å²) in [6, 6.07) is 9.45. The first-order valence-corrected chi connectivity index (χ1v) is 8.11. The van der Waals surface area contributed by atoms with Gasteiger partial charge in [0, 0.05) is 23.8 Å². The Balaban J connectivity index is 1.96. The highest BCUT2D eigenvalue weighted by Gasteiger charge is 2.51. The lowest BCUT2D eigenvalue weighted by Crippen LogP contribution is -2.59. The van der Waals surface area contributed by atoms with E-state index in [4.69, 9.17) is 4.74 Å². The second-order valence-electron chi connectivity index (χ2n) is 6.18. The molecule has 0 aromatic heterocycles. The number of anilines is 1. The first-order valence-electron chi connectivity index (χ1n) is 8.11. The van der Waals surface area contributed by atoms with Gasteiger partial charge in [0.1, 0.15) is 0 Å². The van der Waals surface area contributed by atoms with Crippen molar-refractivity contribution in [2.45, 2.75) is 65.5 Å². The fraction of sp³-hybridized carbons (Fsp3) is 0.667. The number of hydrogen-bond donors (Lipinski definition) is 1. The number of rotatable bonds is 7. The summed E-state index contributed by atoms with van der Waals surface area (Å²) in [6.45, 7) is 9.74. The molecule has 1 aromatic rings. The molecule has 2 heteroatoms. The molecule has 1 aromatic carbocycles. The van der Waals surface area contributed by atoms with Crippen molar-refractivity contribution in [1.29, 1.82) is 0 Å². The van der Waals surface area contributed by atoms with E-state index in [2.05, 4.69) is 57.3 Å². The quantitative estimate of drug-likeness (QED) is 0.782. The number of hydrogen-bond acceptors (Lipinski definition) is 2. The van der Waals surface area contributed by atoms with E-state index >= 15 is 0 Å². The van der Waals surface area contributed by atoms with Gasteiger partial charge < -0.3 is 10.1 Å². The van der Waals surface area contributed by atoms with Crippen LogP contribution in [0, 0.1) is 5.41 Å². The summed E-state index contributed by atoms with van der Waals surface area (Å²) in [5, 5.41) is 3.70. The van der Waals surface area contributed by atoms with Gasteiger partial charge >= 0.3 is 0 Å². The van der Waals surface area contributed by atoms with E-state index in [-0.39, 0.29) is 5.41 Å². The predicted octanol–water partition coefficient (Wildman–Crippen LogP) is 4.64.